The summed E-state index contributed by atoms with van der Waals surface area (Å²) >= 11 is 0. The van der Waals surface area contributed by atoms with Crippen LogP contribution in [0.15, 0.2) is 84.9 Å². The van der Waals surface area contributed by atoms with Crippen molar-refractivity contribution in [3.05, 3.63) is 107 Å². The molecule has 3 aromatic carbocycles. The van der Waals surface area contributed by atoms with Crippen molar-refractivity contribution in [3.63, 3.8) is 0 Å². The Morgan fingerprint density at radius 2 is 1.37 bits per heavy atom. The lowest BCUT2D eigenvalue weighted by Crippen LogP contribution is -2.37. The summed E-state index contributed by atoms with van der Waals surface area (Å²) in [5.41, 5.74) is 4.66. The Bertz CT molecular complexity index is 822. The van der Waals surface area contributed by atoms with Crippen molar-refractivity contribution in [1.82, 2.24) is 10.2 Å². The van der Waals surface area contributed by atoms with E-state index in [2.05, 4.69) is 48.6 Å². The summed E-state index contributed by atoms with van der Waals surface area (Å²) in [5.74, 6) is 0.0174. The molecule has 0 aliphatic carbocycles. The van der Waals surface area contributed by atoms with Gasteiger partial charge in [0.15, 0.2) is 0 Å². The lowest BCUT2D eigenvalue weighted by Gasteiger charge is -2.23. The first-order valence-corrected chi connectivity index (χ1v) is 9.26. The molecule has 0 saturated heterocycles. The summed E-state index contributed by atoms with van der Waals surface area (Å²) < 4.78 is 0. The van der Waals surface area contributed by atoms with Gasteiger partial charge in [-0.15, -0.1) is 0 Å². The standard InChI is InChI=1S/C24H26N2O/c1-19-11-9-10-16-22(19)17-26(2)18-23(27)25-24(20-12-5-3-6-13-20)21-14-7-4-8-15-21/h3-16,24H,17-18H2,1-2H3,(H,25,27). The van der Waals surface area contributed by atoms with Crippen LogP contribution in [0.2, 0.25) is 0 Å². The monoisotopic (exact) mass is 358 g/mol. The van der Waals surface area contributed by atoms with E-state index in [0.717, 1.165) is 17.7 Å². The average molecular weight is 358 g/mol. The molecule has 0 aromatic heterocycles. The number of amides is 1. The van der Waals surface area contributed by atoms with Crippen LogP contribution in [-0.4, -0.2) is 24.4 Å². The second-order valence-corrected chi connectivity index (χ2v) is 6.92. The zero-order chi connectivity index (χ0) is 19.1. The van der Waals surface area contributed by atoms with E-state index in [4.69, 9.17) is 0 Å². The quantitative estimate of drug-likeness (QED) is 0.682. The smallest absolute Gasteiger partial charge is 0.234 e. The first-order valence-electron chi connectivity index (χ1n) is 9.26. The predicted octanol–water partition coefficient (Wildman–Crippen LogP) is 4.33. The normalized spacial score (nSPS) is 11.0. The molecule has 0 fully saturated rings. The van der Waals surface area contributed by atoms with E-state index in [-0.39, 0.29) is 11.9 Å². The Morgan fingerprint density at radius 1 is 0.852 bits per heavy atom. The summed E-state index contributed by atoms with van der Waals surface area (Å²) in [6, 6.07) is 28.3. The van der Waals surface area contributed by atoms with Crippen LogP contribution >= 0.6 is 0 Å². The van der Waals surface area contributed by atoms with Gasteiger partial charge in [-0.3, -0.25) is 9.69 Å². The van der Waals surface area contributed by atoms with Crippen molar-refractivity contribution in [3.8, 4) is 0 Å². The van der Waals surface area contributed by atoms with E-state index in [9.17, 15) is 4.79 Å². The van der Waals surface area contributed by atoms with Crippen molar-refractivity contribution in [1.29, 1.82) is 0 Å². The van der Waals surface area contributed by atoms with Crippen LogP contribution in [0.5, 0.6) is 0 Å². The fourth-order valence-electron chi connectivity index (χ4n) is 3.24. The topological polar surface area (TPSA) is 32.3 Å². The Labute approximate surface area is 161 Å². The molecule has 3 heteroatoms. The number of benzene rings is 3. The molecular weight excluding hydrogens is 332 g/mol. The molecule has 0 aliphatic heterocycles. The number of carbonyl (C=O) groups is 1. The highest BCUT2D eigenvalue weighted by Crippen LogP contribution is 2.21. The molecule has 0 unspecified atom stereocenters. The van der Waals surface area contributed by atoms with Gasteiger partial charge in [-0.05, 0) is 36.2 Å². The first-order chi connectivity index (χ1) is 13.1. The fraction of sp³-hybridized carbons (Fsp3) is 0.208. The van der Waals surface area contributed by atoms with Gasteiger partial charge in [-0.1, -0.05) is 84.9 Å². The largest absolute Gasteiger partial charge is 0.344 e. The molecule has 1 amide bonds. The van der Waals surface area contributed by atoms with E-state index in [1.807, 2.05) is 60.5 Å². The SMILES string of the molecule is Cc1ccccc1CN(C)CC(=O)NC(c1ccccc1)c1ccccc1. The third-order valence-electron chi connectivity index (χ3n) is 4.69. The molecule has 3 rings (SSSR count). The van der Waals surface area contributed by atoms with E-state index < -0.39 is 0 Å². The van der Waals surface area contributed by atoms with Crippen LogP contribution in [0.1, 0.15) is 28.3 Å². The van der Waals surface area contributed by atoms with Crippen LogP contribution in [-0.2, 0) is 11.3 Å². The maximum Gasteiger partial charge on any atom is 0.234 e. The average Bonchev–Trinajstić information content (AvgIpc) is 2.69. The van der Waals surface area contributed by atoms with Crippen molar-refractivity contribution in [2.45, 2.75) is 19.5 Å². The van der Waals surface area contributed by atoms with E-state index in [0.29, 0.717) is 6.54 Å². The Kier molecular flexibility index (Phi) is 6.39. The summed E-state index contributed by atoms with van der Waals surface area (Å²) in [6.07, 6.45) is 0. The molecular formula is C24H26N2O. The zero-order valence-electron chi connectivity index (χ0n) is 15.9. The summed E-state index contributed by atoms with van der Waals surface area (Å²) in [7, 11) is 1.98. The van der Waals surface area contributed by atoms with Gasteiger partial charge in [0.25, 0.3) is 0 Å². The molecule has 1 N–H and O–H groups in total. The Balaban J connectivity index is 1.69. The van der Waals surface area contributed by atoms with Gasteiger partial charge in [-0.2, -0.15) is 0 Å². The van der Waals surface area contributed by atoms with E-state index in [1.54, 1.807) is 0 Å². The molecule has 27 heavy (non-hydrogen) atoms. The van der Waals surface area contributed by atoms with Crippen molar-refractivity contribution < 1.29 is 4.79 Å². The minimum absolute atomic E-state index is 0.0174. The molecule has 3 nitrogen and oxygen atoms in total. The van der Waals surface area contributed by atoms with Gasteiger partial charge in [0.05, 0.1) is 12.6 Å². The molecule has 0 bridgehead atoms. The van der Waals surface area contributed by atoms with Gasteiger partial charge in [0.1, 0.15) is 0 Å². The van der Waals surface area contributed by atoms with Gasteiger partial charge in [-0.25, -0.2) is 0 Å². The van der Waals surface area contributed by atoms with Gasteiger partial charge in [0, 0.05) is 6.54 Å². The van der Waals surface area contributed by atoms with E-state index >= 15 is 0 Å². The number of carbonyl (C=O) groups excluding carboxylic acids is 1. The minimum atomic E-state index is -0.147. The van der Waals surface area contributed by atoms with Crippen LogP contribution < -0.4 is 5.32 Å². The van der Waals surface area contributed by atoms with Crippen LogP contribution in [0.4, 0.5) is 0 Å². The predicted molar refractivity (Wildman–Crippen MR) is 110 cm³/mol. The highest BCUT2D eigenvalue weighted by molar-refractivity contribution is 5.79. The van der Waals surface area contributed by atoms with Crippen molar-refractivity contribution >= 4 is 5.91 Å². The number of hydrogen-bond donors (Lipinski definition) is 1. The minimum Gasteiger partial charge on any atom is -0.344 e. The van der Waals surface area contributed by atoms with Crippen LogP contribution in [0.25, 0.3) is 0 Å². The van der Waals surface area contributed by atoms with Crippen molar-refractivity contribution in [2.75, 3.05) is 13.6 Å². The second kappa shape index (κ2) is 9.15. The lowest BCUT2D eigenvalue weighted by molar-refractivity contribution is -0.122. The van der Waals surface area contributed by atoms with Crippen LogP contribution in [0, 0.1) is 6.92 Å². The number of hydrogen-bond acceptors (Lipinski definition) is 2. The van der Waals surface area contributed by atoms with E-state index in [1.165, 1.54) is 11.1 Å². The Hall–Kier alpha value is -2.91. The van der Waals surface area contributed by atoms with Gasteiger partial charge >= 0.3 is 0 Å². The third-order valence-corrected chi connectivity index (χ3v) is 4.69. The molecule has 138 valence electrons. The maximum atomic E-state index is 12.7. The molecule has 3 aromatic rings. The third kappa shape index (κ3) is 5.28. The summed E-state index contributed by atoms with van der Waals surface area (Å²) in [6.45, 7) is 3.20. The highest BCUT2D eigenvalue weighted by atomic mass is 16.2. The second-order valence-electron chi connectivity index (χ2n) is 6.92. The molecule has 0 saturated carbocycles. The first kappa shape index (κ1) is 18.9. The molecule has 0 radical (unpaired) electrons. The number of likely N-dealkylation sites (N-methyl/N-ethyl adjacent to an activating group) is 1. The number of aryl methyl sites for hydroxylation is 1. The van der Waals surface area contributed by atoms with Crippen molar-refractivity contribution in [2.24, 2.45) is 0 Å². The summed E-state index contributed by atoms with van der Waals surface area (Å²) in [4.78, 5) is 14.8. The van der Waals surface area contributed by atoms with Crippen LogP contribution in [0.3, 0.4) is 0 Å². The number of rotatable bonds is 7. The molecule has 0 atom stereocenters. The summed E-state index contributed by atoms with van der Waals surface area (Å²) in [5, 5.41) is 3.20. The van der Waals surface area contributed by atoms with Gasteiger partial charge in [0.2, 0.25) is 5.91 Å². The van der Waals surface area contributed by atoms with Gasteiger partial charge < -0.3 is 5.32 Å². The maximum absolute atomic E-state index is 12.7. The number of nitrogens with zero attached hydrogens (tertiary/aromatic N) is 1. The highest BCUT2D eigenvalue weighted by Gasteiger charge is 2.17. The zero-order valence-corrected chi connectivity index (χ0v) is 15.9. The number of nitrogens with one attached hydrogen (secondary N) is 1. The molecule has 0 aliphatic rings. The molecule has 0 spiro atoms. The fourth-order valence-corrected chi connectivity index (χ4v) is 3.24. The molecule has 0 heterocycles. The Morgan fingerprint density at radius 3 is 1.93 bits per heavy atom. The lowest BCUT2D eigenvalue weighted by atomic mass is 9.99.